The maximum absolute atomic E-state index is 11.3. The van der Waals surface area contributed by atoms with Crippen LogP contribution in [0.15, 0.2) is 12.3 Å². The quantitative estimate of drug-likeness (QED) is 0.900. The molecule has 0 amide bonds. The van der Waals surface area contributed by atoms with Crippen LogP contribution in [0.1, 0.15) is 35.0 Å². The molecule has 7 heteroatoms. The highest BCUT2D eigenvalue weighted by Crippen LogP contribution is 2.31. The number of halogens is 1. The Morgan fingerprint density at radius 2 is 2.44 bits per heavy atom. The molecule has 2 aromatic heterocycles. The average molecular weight is 268 g/mol. The van der Waals surface area contributed by atoms with Crippen molar-refractivity contribution in [2.24, 2.45) is 0 Å². The van der Waals surface area contributed by atoms with Crippen molar-refractivity contribution in [3.8, 4) is 0 Å². The number of carboxylic acid groups (broad SMARTS) is 1. The number of hydrogen-bond acceptors (Lipinski definition) is 4. The second-order valence-corrected chi connectivity index (χ2v) is 4.49. The first-order valence-electron chi connectivity index (χ1n) is 5.56. The third-order valence-electron chi connectivity index (χ3n) is 2.96. The summed E-state index contributed by atoms with van der Waals surface area (Å²) in [6.45, 7) is 0.628. The Morgan fingerprint density at radius 3 is 3.11 bits per heavy atom. The number of carbonyl (C=O) groups is 1. The minimum absolute atomic E-state index is 0.106. The minimum atomic E-state index is -1.04. The van der Waals surface area contributed by atoms with Gasteiger partial charge in [0.25, 0.3) is 0 Å². The van der Waals surface area contributed by atoms with Crippen LogP contribution in [-0.4, -0.2) is 32.3 Å². The molecule has 94 valence electrons. The van der Waals surface area contributed by atoms with E-state index < -0.39 is 5.97 Å². The van der Waals surface area contributed by atoms with Gasteiger partial charge in [-0.2, -0.15) is 5.10 Å². The minimum Gasteiger partial charge on any atom is -0.478 e. The van der Waals surface area contributed by atoms with Crippen molar-refractivity contribution in [3.05, 3.63) is 28.7 Å². The number of aromatic carboxylic acids is 1. The molecule has 0 radical (unpaired) electrons. The van der Waals surface area contributed by atoms with Gasteiger partial charge in [0.1, 0.15) is 11.7 Å². The molecular weight excluding hydrogens is 258 g/mol. The fraction of sp³-hybridized carbons (Fsp3) is 0.364. The van der Waals surface area contributed by atoms with Crippen molar-refractivity contribution < 1.29 is 14.6 Å². The Morgan fingerprint density at radius 1 is 1.61 bits per heavy atom. The number of hydrogen-bond donors (Lipinski definition) is 1. The molecule has 6 nitrogen and oxygen atoms in total. The van der Waals surface area contributed by atoms with Gasteiger partial charge in [-0.3, -0.25) is 0 Å². The van der Waals surface area contributed by atoms with Crippen molar-refractivity contribution >= 4 is 23.2 Å². The first-order chi connectivity index (χ1) is 8.66. The number of fused-ring (bicyclic) bond motifs is 1. The Hall–Kier alpha value is -1.66. The number of aromatic nitrogens is 3. The average Bonchev–Trinajstić information content (AvgIpc) is 2.93. The first kappa shape index (κ1) is 11.4. The van der Waals surface area contributed by atoms with Crippen molar-refractivity contribution in [2.75, 3.05) is 6.61 Å². The summed E-state index contributed by atoms with van der Waals surface area (Å²) in [7, 11) is 0. The largest absolute Gasteiger partial charge is 0.478 e. The van der Waals surface area contributed by atoms with Gasteiger partial charge in [-0.25, -0.2) is 14.3 Å². The van der Waals surface area contributed by atoms with Crippen LogP contribution in [0.3, 0.4) is 0 Å². The van der Waals surface area contributed by atoms with E-state index in [4.69, 9.17) is 16.3 Å². The fourth-order valence-corrected chi connectivity index (χ4v) is 2.36. The molecule has 1 aliphatic rings. The van der Waals surface area contributed by atoms with Gasteiger partial charge >= 0.3 is 5.97 Å². The molecule has 1 aliphatic heterocycles. The third-order valence-corrected chi connectivity index (χ3v) is 3.14. The van der Waals surface area contributed by atoms with Crippen LogP contribution in [0.4, 0.5) is 0 Å². The molecule has 3 rings (SSSR count). The highest BCUT2D eigenvalue weighted by Gasteiger charge is 2.27. The topological polar surface area (TPSA) is 76.7 Å². The summed E-state index contributed by atoms with van der Waals surface area (Å²) in [5, 5.41) is 13.6. The van der Waals surface area contributed by atoms with Crippen LogP contribution < -0.4 is 0 Å². The molecule has 1 saturated heterocycles. The van der Waals surface area contributed by atoms with E-state index in [2.05, 4.69) is 10.1 Å². The van der Waals surface area contributed by atoms with Gasteiger partial charge in [0.15, 0.2) is 10.8 Å². The van der Waals surface area contributed by atoms with Crippen LogP contribution in [0, 0.1) is 0 Å². The Balaban J connectivity index is 2.27. The van der Waals surface area contributed by atoms with E-state index in [0.29, 0.717) is 17.9 Å². The maximum atomic E-state index is 11.3. The molecule has 1 fully saturated rings. The van der Waals surface area contributed by atoms with Gasteiger partial charge in [-0.1, -0.05) is 11.6 Å². The van der Waals surface area contributed by atoms with E-state index >= 15 is 0 Å². The van der Waals surface area contributed by atoms with Crippen molar-refractivity contribution in [1.29, 1.82) is 0 Å². The van der Waals surface area contributed by atoms with E-state index in [0.717, 1.165) is 12.8 Å². The summed E-state index contributed by atoms with van der Waals surface area (Å²) in [5.41, 5.74) is 1.14. The second kappa shape index (κ2) is 4.22. The zero-order valence-electron chi connectivity index (χ0n) is 9.34. The van der Waals surface area contributed by atoms with E-state index in [1.165, 1.54) is 10.7 Å². The van der Waals surface area contributed by atoms with Gasteiger partial charge in [-0.05, 0) is 12.8 Å². The summed E-state index contributed by atoms with van der Waals surface area (Å²) >= 11 is 5.83. The highest BCUT2D eigenvalue weighted by atomic mass is 35.5. The van der Waals surface area contributed by atoms with Gasteiger partial charge in [0.05, 0.1) is 5.69 Å². The van der Waals surface area contributed by atoms with Gasteiger partial charge in [0, 0.05) is 18.9 Å². The lowest BCUT2D eigenvalue weighted by molar-refractivity contribution is 0.0676. The van der Waals surface area contributed by atoms with Crippen molar-refractivity contribution in [2.45, 2.75) is 18.9 Å². The van der Waals surface area contributed by atoms with Gasteiger partial charge < -0.3 is 9.84 Å². The Labute approximate surface area is 107 Å². The summed E-state index contributed by atoms with van der Waals surface area (Å²) in [6, 6.07) is 1.59. The first-order valence-corrected chi connectivity index (χ1v) is 5.93. The molecule has 1 unspecified atom stereocenters. The van der Waals surface area contributed by atoms with Gasteiger partial charge in [-0.15, -0.1) is 0 Å². The third kappa shape index (κ3) is 1.74. The maximum Gasteiger partial charge on any atom is 0.339 e. The van der Waals surface area contributed by atoms with Crippen LogP contribution in [-0.2, 0) is 4.74 Å². The smallest absolute Gasteiger partial charge is 0.339 e. The molecule has 1 atom stereocenters. The van der Waals surface area contributed by atoms with Crippen molar-refractivity contribution in [1.82, 2.24) is 14.6 Å². The highest BCUT2D eigenvalue weighted by molar-refractivity contribution is 6.29. The second-order valence-electron chi connectivity index (χ2n) is 4.10. The lowest BCUT2D eigenvalue weighted by Gasteiger charge is -2.13. The molecule has 3 heterocycles. The van der Waals surface area contributed by atoms with Gasteiger partial charge in [0.2, 0.25) is 0 Å². The monoisotopic (exact) mass is 267 g/mol. The summed E-state index contributed by atoms with van der Waals surface area (Å²) in [4.78, 5) is 15.3. The van der Waals surface area contributed by atoms with E-state index in [1.807, 2.05) is 0 Å². The zero-order valence-corrected chi connectivity index (χ0v) is 10.1. The molecule has 1 N–H and O–H groups in total. The van der Waals surface area contributed by atoms with E-state index in [1.54, 1.807) is 6.07 Å². The standard InChI is InChI=1S/C11H10ClN3O3/c12-8-4-9-13-5-6(11(16)17)10(15(9)14-8)7-2-1-3-18-7/h4-5,7H,1-3H2,(H,16,17). The lowest BCUT2D eigenvalue weighted by atomic mass is 10.1. The molecular formula is C11H10ClN3O3. The van der Waals surface area contributed by atoms with E-state index in [-0.39, 0.29) is 16.8 Å². The number of ether oxygens (including phenoxy) is 1. The Kier molecular flexibility index (Phi) is 2.68. The van der Waals surface area contributed by atoms with Crippen LogP contribution >= 0.6 is 11.6 Å². The molecule has 18 heavy (non-hydrogen) atoms. The molecule has 0 spiro atoms. The predicted octanol–water partition coefficient (Wildman–Crippen LogP) is 1.93. The summed E-state index contributed by atoms with van der Waals surface area (Å²) < 4.78 is 7.01. The van der Waals surface area contributed by atoms with Crippen LogP contribution in [0.5, 0.6) is 0 Å². The summed E-state index contributed by atoms with van der Waals surface area (Å²) in [6.07, 6.45) is 2.74. The van der Waals surface area contributed by atoms with E-state index in [9.17, 15) is 9.90 Å². The summed E-state index contributed by atoms with van der Waals surface area (Å²) in [5.74, 6) is -1.04. The lowest BCUT2D eigenvalue weighted by Crippen LogP contribution is -2.14. The number of carboxylic acids is 1. The zero-order chi connectivity index (χ0) is 12.7. The van der Waals surface area contributed by atoms with Crippen LogP contribution in [0.25, 0.3) is 5.65 Å². The van der Waals surface area contributed by atoms with Crippen molar-refractivity contribution in [3.63, 3.8) is 0 Å². The predicted molar refractivity (Wildman–Crippen MR) is 62.9 cm³/mol. The molecule has 0 bridgehead atoms. The molecule has 0 saturated carbocycles. The molecule has 0 aliphatic carbocycles. The molecule has 2 aromatic rings. The molecule has 0 aromatic carbocycles. The number of nitrogens with zero attached hydrogens (tertiary/aromatic N) is 3. The van der Waals surface area contributed by atoms with Crippen LogP contribution in [0.2, 0.25) is 5.15 Å². The number of rotatable bonds is 2. The fourth-order valence-electron chi connectivity index (χ4n) is 2.19. The normalized spacial score (nSPS) is 19.5. The SMILES string of the molecule is O=C(O)c1cnc2cc(Cl)nn2c1C1CCCO1. The Bertz CT molecular complexity index is 619.